The van der Waals surface area contributed by atoms with E-state index < -0.39 is 0 Å². The Morgan fingerprint density at radius 3 is 3.24 bits per heavy atom. The number of nitriles is 1. The lowest BCUT2D eigenvalue weighted by atomic mass is 9.83. The van der Waals surface area contributed by atoms with Gasteiger partial charge in [0.25, 0.3) is 0 Å². The Kier molecular flexibility index (Phi) is 2.66. The number of allylic oxidation sites excluding steroid dienone is 1. The van der Waals surface area contributed by atoms with Crippen LogP contribution in [0.5, 0.6) is 0 Å². The van der Waals surface area contributed by atoms with Crippen LogP contribution in [-0.2, 0) is 0 Å². The third-order valence-electron chi connectivity index (χ3n) is 3.84. The molecule has 2 aliphatic rings. The van der Waals surface area contributed by atoms with Gasteiger partial charge in [-0.05, 0) is 48.9 Å². The van der Waals surface area contributed by atoms with E-state index in [9.17, 15) is 0 Å². The molecule has 1 aliphatic carbocycles. The number of hydrogen-bond donors (Lipinski definition) is 1. The standard InChI is InChI=1S/C14H15N3/c15-7-10-5-13(9-16-8-10)12-2-1-11-3-4-17-14(11)6-12/h2,5,8-9,11,14,17H,1,3-4,6H2/t11-,14-/m0/s1. The van der Waals surface area contributed by atoms with E-state index in [1.165, 1.54) is 12.0 Å². The highest BCUT2D eigenvalue weighted by Crippen LogP contribution is 2.34. The SMILES string of the molecule is N#Cc1cncc(C2=CC[C@H]3CCN[C@H]3C2)c1. The van der Waals surface area contributed by atoms with E-state index in [4.69, 9.17) is 5.26 Å². The molecule has 1 aliphatic heterocycles. The van der Waals surface area contributed by atoms with Crippen LogP contribution >= 0.6 is 0 Å². The lowest BCUT2D eigenvalue weighted by molar-refractivity contribution is 0.445. The summed E-state index contributed by atoms with van der Waals surface area (Å²) in [5.41, 5.74) is 3.09. The van der Waals surface area contributed by atoms with Crippen molar-refractivity contribution in [2.45, 2.75) is 25.3 Å². The summed E-state index contributed by atoms with van der Waals surface area (Å²) in [6, 6.07) is 4.71. The van der Waals surface area contributed by atoms with Gasteiger partial charge < -0.3 is 5.32 Å². The van der Waals surface area contributed by atoms with Crippen molar-refractivity contribution in [3.8, 4) is 6.07 Å². The predicted octanol–water partition coefficient (Wildman–Crippen LogP) is 2.11. The molecule has 1 N–H and O–H groups in total. The molecule has 0 amide bonds. The lowest BCUT2D eigenvalue weighted by Crippen LogP contribution is -2.29. The number of aromatic nitrogens is 1. The number of rotatable bonds is 1. The minimum absolute atomic E-state index is 0.626. The summed E-state index contributed by atoms with van der Waals surface area (Å²) in [6.07, 6.45) is 9.33. The average Bonchev–Trinajstić information content (AvgIpc) is 2.86. The molecule has 0 unspecified atom stereocenters. The fourth-order valence-corrected chi connectivity index (χ4v) is 2.87. The molecule has 3 rings (SSSR count). The molecule has 1 fully saturated rings. The zero-order valence-electron chi connectivity index (χ0n) is 9.69. The first-order chi connectivity index (χ1) is 8.36. The summed E-state index contributed by atoms with van der Waals surface area (Å²) < 4.78 is 0. The molecule has 86 valence electrons. The van der Waals surface area contributed by atoms with E-state index in [-0.39, 0.29) is 0 Å². The molecule has 0 radical (unpaired) electrons. The van der Waals surface area contributed by atoms with E-state index in [1.807, 2.05) is 12.3 Å². The number of nitrogens with zero attached hydrogens (tertiary/aromatic N) is 2. The Balaban J connectivity index is 1.87. The highest BCUT2D eigenvalue weighted by molar-refractivity contribution is 5.67. The van der Waals surface area contributed by atoms with Gasteiger partial charge >= 0.3 is 0 Å². The Hall–Kier alpha value is -1.66. The van der Waals surface area contributed by atoms with Gasteiger partial charge in [0, 0.05) is 18.4 Å². The molecule has 0 aromatic carbocycles. The Bertz CT molecular complexity index is 498. The van der Waals surface area contributed by atoms with E-state index in [0.717, 1.165) is 30.9 Å². The second-order valence-corrected chi connectivity index (χ2v) is 4.85. The number of pyridine rings is 1. The zero-order chi connectivity index (χ0) is 11.7. The normalized spacial score (nSPS) is 27.1. The first-order valence-corrected chi connectivity index (χ1v) is 6.15. The van der Waals surface area contributed by atoms with Crippen LogP contribution in [0.4, 0.5) is 0 Å². The van der Waals surface area contributed by atoms with Gasteiger partial charge in [-0.3, -0.25) is 4.98 Å². The fourth-order valence-electron chi connectivity index (χ4n) is 2.87. The summed E-state index contributed by atoms with van der Waals surface area (Å²) in [7, 11) is 0. The van der Waals surface area contributed by atoms with Gasteiger partial charge in [-0.2, -0.15) is 5.26 Å². The maximum absolute atomic E-state index is 8.89. The Morgan fingerprint density at radius 1 is 1.41 bits per heavy atom. The van der Waals surface area contributed by atoms with Gasteiger partial charge in [-0.1, -0.05) is 6.08 Å². The quantitative estimate of drug-likeness (QED) is 0.796. The minimum Gasteiger partial charge on any atom is -0.313 e. The van der Waals surface area contributed by atoms with E-state index in [0.29, 0.717) is 11.6 Å². The largest absolute Gasteiger partial charge is 0.313 e. The minimum atomic E-state index is 0.626. The van der Waals surface area contributed by atoms with Crippen LogP contribution in [-0.4, -0.2) is 17.6 Å². The molecule has 2 atom stereocenters. The maximum atomic E-state index is 8.89. The van der Waals surface area contributed by atoms with Crippen molar-refractivity contribution in [2.24, 2.45) is 5.92 Å². The monoisotopic (exact) mass is 225 g/mol. The number of hydrogen-bond acceptors (Lipinski definition) is 3. The van der Waals surface area contributed by atoms with Gasteiger partial charge in [0.1, 0.15) is 6.07 Å². The second kappa shape index (κ2) is 4.31. The van der Waals surface area contributed by atoms with Crippen molar-refractivity contribution in [1.29, 1.82) is 5.26 Å². The van der Waals surface area contributed by atoms with Crippen molar-refractivity contribution in [1.82, 2.24) is 10.3 Å². The third-order valence-corrected chi connectivity index (χ3v) is 3.84. The van der Waals surface area contributed by atoms with Gasteiger partial charge in [0.05, 0.1) is 5.56 Å². The predicted molar refractivity (Wildman–Crippen MR) is 66.1 cm³/mol. The van der Waals surface area contributed by atoms with Crippen molar-refractivity contribution in [2.75, 3.05) is 6.54 Å². The van der Waals surface area contributed by atoms with E-state index in [2.05, 4.69) is 22.4 Å². The molecule has 1 aromatic rings. The van der Waals surface area contributed by atoms with Crippen LogP contribution in [0.3, 0.4) is 0 Å². The molecule has 0 saturated carbocycles. The topological polar surface area (TPSA) is 48.7 Å². The van der Waals surface area contributed by atoms with Crippen molar-refractivity contribution < 1.29 is 0 Å². The van der Waals surface area contributed by atoms with Gasteiger partial charge in [-0.25, -0.2) is 0 Å². The maximum Gasteiger partial charge on any atom is 0.101 e. The van der Waals surface area contributed by atoms with Crippen LogP contribution in [0.15, 0.2) is 24.5 Å². The molecular formula is C14H15N3. The van der Waals surface area contributed by atoms with Crippen LogP contribution in [0.25, 0.3) is 5.57 Å². The molecule has 0 bridgehead atoms. The molecule has 1 saturated heterocycles. The average molecular weight is 225 g/mol. The van der Waals surface area contributed by atoms with E-state index >= 15 is 0 Å². The fraction of sp³-hybridized carbons (Fsp3) is 0.429. The molecule has 0 spiro atoms. The first kappa shape index (κ1) is 10.5. The molecular weight excluding hydrogens is 210 g/mol. The van der Waals surface area contributed by atoms with E-state index in [1.54, 1.807) is 6.20 Å². The highest BCUT2D eigenvalue weighted by atomic mass is 15.0. The van der Waals surface area contributed by atoms with Gasteiger partial charge in [0.2, 0.25) is 0 Å². The van der Waals surface area contributed by atoms with Crippen LogP contribution in [0, 0.1) is 17.2 Å². The smallest absolute Gasteiger partial charge is 0.101 e. The van der Waals surface area contributed by atoms with Gasteiger partial charge in [-0.15, -0.1) is 0 Å². The van der Waals surface area contributed by atoms with Crippen molar-refractivity contribution in [3.05, 3.63) is 35.7 Å². The first-order valence-electron chi connectivity index (χ1n) is 6.15. The molecule has 1 aromatic heterocycles. The third kappa shape index (κ3) is 1.96. The molecule has 2 heterocycles. The second-order valence-electron chi connectivity index (χ2n) is 4.85. The summed E-state index contributed by atoms with van der Waals surface area (Å²) in [6.45, 7) is 1.15. The summed E-state index contributed by atoms with van der Waals surface area (Å²) in [5, 5.41) is 12.4. The summed E-state index contributed by atoms with van der Waals surface area (Å²) in [5.74, 6) is 0.811. The molecule has 3 nitrogen and oxygen atoms in total. The molecule has 3 heteroatoms. The summed E-state index contributed by atoms with van der Waals surface area (Å²) >= 11 is 0. The van der Waals surface area contributed by atoms with Crippen LogP contribution in [0.1, 0.15) is 30.4 Å². The zero-order valence-corrected chi connectivity index (χ0v) is 9.69. The van der Waals surface area contributed by atoms with Gasteiger partial charge in [0.15, 0.2) is 0 Å². The molecule has 17 heavy (non-hydrogen) atoms. The van der Waals surface area contributed by atoms with Crippen molar-refractivity contribution in [3.63, 3.8) is 0 Å². The number of fused-ring (bicyclic) bond motifs is 1. The highest BCUT2D eigenvalue weighted by Gasteiger charge is 2.29. The number of nitrogens with one attached hydrogen (secondary N) is 1. The van der Waals surface area contributed by atoms with Crippen LogP contribution in [0.2, 0.25) is 0 Å². The Morgan fingerprint density at radius 2 is 2.35 bits per heavy atom. The lowest BCUT2D eigenvalue weighted by Gasteiger charge is -2.25. The summed E-state index contributed by atoms with van der Waals surface area (Å²) in [4.78, 5) is 4.13. The van der Waals surface area contributed by atoms with Crippen LogP contribution < -0.4 is 5.32 Å². The Labute approximate surface area is 101 Å². The van der Waals surface area contributed by atoms with Crippen molar-refractivity contribution >= 4 is 5.57 Å².